The van der Waals surface area contributed by atoms with Gasteiger partial charge in [-0.15, -0.1) is 0 Å². The molecular formula is C9H13N3O2. The molecular weight excluding hydrogens is 182 g/mol. The summed E-state index contributed by atoms with van der Waals surface area (Å²) in [5.41, 5.74) is 5.49. The van der Waals surface area contributed by atoms with Crippen LogP contribution in [0.4, 0.5) is 5.82 Å². The van der Waals surface area contributed by atoms with Crippen LogP contribution < -0.4 is 11.1 Å². The molecule has 5 nitrogen and oxygen atoms in total. The molecule has 0 aliphatic rings. The van der Waals surface area contributed by atoms with Crippen LogP contribution in [0.25, 0.3) is 0 Å². The number of pyridine rings is 1. The third-order valence-electron chi connectivity index (χ3n) is 1.62. The van der Waals surface area contributed by atoms with E-state index in [0.29, 0.717) is 17.9 Å². The van der Waals surface area contributed by atoms with Crippen LogP contribution in [-0.2, 0) is 0 Å². The van der Waals surface area contributed by atoms with Gasteiger partial charge in [-0.3, -0.25) is 4.79 Å². The minimum Gasteiger partial charge on any atom is -0.392 e. The highest BCUT2D eigenvalue weighted by Crippen LogP contribution is 2.05. The second-order valence-corrected chi connectivity index (χ2v) is 3.02. The maximum Gasteiger partial charge on any atom is 0.248 e. The second kappa shape index (κ2) is 4.57. The minimum absolute atomic E-state index is 0.384. The maximum atomic E-state index is 10.8. The topological polar surface area (TPSA) is 88.2 Å². The van der Waals surface area contributed by atoms with Crippen LogP contribution in [0.15, 0.2) is 18.3 Å². The van der Waals surface area contributed by atoms with Gasteiger partial charge in [0.15, 0.2) is 0 Å². The fourth-order valence-electron chi connectivity index (χ4n) is 0.933. The van der Waals surface area contributed by atoms with E-state index < -0.39 is 12.0 Å². The van der Waals surface area contributed by atoms with Crippen molar-refractivity contribution in [1.29, 1.82) is 0 Å². The number of aromatic nitrogens is 1. The van der Waals surface area contributed by atoms with Crippen molar-refractivity contribution >= 4 is 11.7 Å². The number of rotatable bonds is 4. The average Bonchev–Trinajstić information content (AvgIpc) is 2.15. The van der Waals surface area contributed by atoms with Crippen LogP contribution in [0.3, 0.4) is 0 Å². The number of aliphatic hydroxyl groups is 1. The molecule has 14 heavy (non-hydrogen) atoms. The summed E-state index contributed by atoms with van der Waals surface area (Å²) in [6.07, 6.45) is 1.03. The first kappa shape index (κ1) is 10.5. The lowest BCUT2D eigenvalue weighted by molar-refractivity contribution is 0.1000. The van der Waals surface area contributed by atoms with Gasteiger partial charge in [-0.1, -0.05) is 0 Å². The Bertz CT molecular complexity index is 326. The summed E-state index contributed by atoms with van der Waals surface area (Å²) in [5, 5.41) is 11.9. The summed E-state index contributed by atoms with van der Waals surface area (Å²) in [6.45, 7) is 2.04. The Hall–Kier alpha value is -1.62. The first-order valence-corrected chi connectivity index (χ1v) is 4.27. The maximum absolute atomic E-state index is 10.8. The molecule has 0 fully saturated rings. The zero-order valence-corrected chi connectivity index (χ0v) is 7.90. The van der Waals surface area contributed by atoms with Crippen molar-refractivity contribution in [3.05, 3.63) is 23.9 Å². The monoisotopic (exact) mass is 195 g/mol. The van der Waals surface area contributed by atoms with Crippen LogP contribution >= 0.6 is 0 Å². The van der Waals surface area contributed by atoms with E-state index in [-0.39, 0.29) is 0 Å². The Balaban J connectivity index is 2.69. The molecule has 76 valence electrons. The zero-order valence-electron chi connectivity index (χ0n) is 7.90. The predicted molar refractivity (Wildman–Crippen MR) is 52.9 cm³/mol. The second-order valence-electron chi connectivity index (χ2n) is 3.02. The molecule has 4 N–H and O–H groups in total. The van der Waals surface area contributed by atoms with Crippen molar-refractivity contribution in [1.82, 2.24) is 4.98 Å². The number of primary amides is 1. The quantitative estimate of drug-likeness (QED) is 0.629. The number of carbonyl (C=O) groups is 1. The van der Waals surface area contributed by atoms with E-state index >= 15 is 0 Å². The summed E-state index contributed by atoms with van der Waals surface area (Å²) in [4.78, 5) is 14.8. The van der Waals surface area contributed by atoms with E-state index in [1.165, 1.54) is 12.3 Å². The van der Waals surface area contributed by atoms with Crippen molar-refractivity contribution in [2.45, 2.75) is 13.0 Å². The van der Waals surface area contributed by atoms with Gasteiger partial charge in [-0.05, 0) is 19.1 Å². The number of anilines is 1. The van der Waals surface area contributed by atoms with Crippen molar-refractivity contribution in [3.63, 3.8) is 0 Å². The highest BCUT2D eigenvalue weighted by Gasteiger charge is 2.02. The molecule has 1 unspecified atom stereocenters. The van der Waals surface area contributed by atoms with Crippen molar-refractivity contribution in [2.75, 3.05) is 11.9 Å². The van der Waals surface area contributed by atoms with Gasteiger partial charge in [-0.25, -0.2) is 4.98 Å². The molecule has 1 aromatic rings. The Labute approximate surface area is 82.0 Å². The first-order chi connectivity index (χ1) is 6.59. The van der Waals surface area contributed by atoms with E-state index in [4.69, 9.17) is 10.8 Å². The van der Waals surface area contributed by atoms with E-state index in [2.05, 4.69) is 10.3 Å². The zero-order chi connectivity index (χ0) is 10.6. The number of aliphatic hydroxyl groups excluding tert-OH is 1. The molecule has 1 atom stereocenters. The first-order valence-electron chi connectivity index (χ1n) is 4.27. The molecule has 0 aromatic carbocycles. The highest BCUT2D eigenvalue weighted by atomic mass is 16.3. The van der Waals surface area contributed by atoms with Gasteiger partial charge in [0.05, 0.1) is 6.10 Å². The average molecular weight is 195 g/mol. The van der Waals surface area contributed by atoms with Gasteiger partial charge in [0.2, 0.25) is 5.91 Å². The molecule has 0 spiro atoms. The molecule has 1 heterocycles. The van der Waals surface area contributed by atoms with Gasteiger partial charge in [0, 0.05) is 18.3 Å². The smallest absolute Gasteiger partial charge is 0.248 e. The van der Waals surface area contributed by atoms with Crippen LogP contribution in [0.5, 0.6) is 0 Å². The lowest BCUT2D eigenvalue weighted by Gasteiger charge is -2.07. The van der Waals surface area contributed by atoms with Crippen molar-refractivity contribution in [2.24, 2.45) is 5.73 Å². The molecule has 0 saturated heterocycles. The summed E-state index contributed by atoms with van der Waals surface area (Å²) in [6, 6.07) is 3.08. The van der Waals surface area contributed by atoms with Crippen LogP contribution in [-0.4, -0.2) is 28.6 Å². The fourth-order valence-corrected chi connectivity index (χ4v) is 0.933. The summed E-state index contributed by atoms with van der Waals surface area (Å²) in [7, 11) is 0. The third kappa shape index (κ3) is 3.02. The standard InChI is InChI=1S/C9H13N3O2/c1-6(13)5-12-8-4-7(9(10)14)2-3-11-8/h2-4,6,13H,5H2,1H3,(H2,10,14)(H,11,12). The highest BCUT2D eigenvalue weighted by molar-refractivity contribution is 5.93. The van der Waals surface area contributed by atoms with Crippen molar-refractivity contribution < 1.29 is 9.90 Å². The van der Waals surface area contributed by atoms with Crippen molar-refractivity contribution in [3.8, 4) is 0 Å². The summed E-state index contributed by atoms with van der Waals surface area (Å²) < 4.78 is 0. The Morgan fingerprint density at radius 1 is 1.79 bits per heavy atom. The van der Waals surface area contributed by atoms with E-state index in [1.54, 1.807) is 13.0 Å². The van der Waals surface area contributed by atoms with Gasteiger partial charge >= 0.3 is 0 Å². The van der Waals surface area contributed by atoms with Gasteiger partial charge in [0.1, 0.15) is 5.82 Å². The number of carbonyl (C=O) groups excluding carboxylic acids is 1. The molecule has 1 rings (SSSR count). The summed E-state index contributed by atoms with van der Waals surface area (Å²) >= 11 is 0. The van der Waals surface area contributed by atoms with Crippen LogP contribution in [0.2, 0.25) is 0 Å². The molecule has 5 heteroatoms. The van der Waals surface area contributed by atoms with Crippen LogP contribution in [0.1, 0.15) is 17.3 Å². The molecule has 1 aromatic heterocycles. The molecule has 0 aliphatic heterocycles. The molecule has 0 bridgehead atoms. The Morgan fingerprint density at radius 2 is 2.50 bits per heavy atom. The fraction of sp³-hybridized carbons (Fsp3) is 0.333. The lowest BCUT2D eigenvalue weighted by atomic mass is 10.2. The number of nitrogens with zero attached hydrogens (tertiary/aromatic N) is 1. The van der Waals surface area contributed by atoms with Gasteiger partial charge in [0.25, 0.3) is 0 Å². The third-order valence-corrected chi connectivity index (χ3v) is 1.62. The summed E-state index contributed by atoms with van der Waals surface area (Å²) in [5.74, 6) is 0.0368. The minimum atomic E-state index is -0.493. The lowest BCUT2D eigenvalue weighted by Crippen LogP contribution is -2.17. The van der Waals surface area contributed by atoms with E-state index in [0.717, 1.165) is 0 Å². The molecule has 0 radical (unpaired) electrons. The Kier molecular flexibility index (Phi) is 3.41. The molecule has 1 amide bonds. The number of hydrogen-bond acceptors (Lipinski definition) is 4. The number of amides is 1. The van der Waals surface area contributed by atoms with Crippen LogP contribution in [0, 0.1) is 0 Å². The van der Waals surface area contributed by atoms with Gasteiger partial charge < -0.3 is 16.2 Å². The molecule has 0 saturated carbocycles. The normalized spacial score (nSPS) is 12.1. The van der Waals surface area contributed by atoms with E-state index in [1.807, 2.05) is 0 Å². The predicted octanol–water partition coefficient (Wildman–Crippen LogP) is -0.0268. The number of hydrogen-bond donors (Lipinski definition) is 3. The van der Waals surface area contributed by atoms with E-state index in [9.17, 15) is 4.79 Å². The van der Waals surface area contributed by atoms with Gasteiger partial charge in [-0.2, -0.15) is 0 Å². The SMILES string of the molecule is CC(O)CNc1cc(C(N)=O)ccn1. The Morgan fingerprint density at radius 3 is 3.07 bits per heavy atom. The number of nitrogens with two attached hydrogens (primary N) is 1. The molecule has 0 aliphatic carbocycles. The largest absolute Gasteiger partial charge is 0.392 e. The number of nitrogens with one attached hydrogen (secondary N) is 1.